The second-order valence-electron chi connectivity index (χ2n) is 4.85. The molecule has 0 unspecified atom stereocenters. The molecule has 0 spiro atoms. The highest BCUT2D eigenvalue weighted by Crippen LogP contribution is 2.09. The number of rotatable bonds is 8. The summed E-state index contributed by atoms with van der Waals surface area (Å²) in [4.78, 5) is 33.6. The van der Waals surface area contributed by atoms with Crippen molar-refractivity contribution in [2.45, 2.75) is 46.1 Å². The van der Waals surface area contributed by atoms with Gasteiger partial charge in [-0.3, -0.25) is 24.3 Å². The van der Waals surface area contributed by atoms with Crippen LogP contribution in [-0.2, 0) is 16.1 Å². The van der Waals surface area contributed by atoms with Gasteiger partial charge >= 0.3 is 5.97 Å². The van der Waals surface area contributed by atoms with E-state index in [-0.39, 0.29) is 17.8 Å². The summed E-state index contributed by atoms with van der Waals surface area (Å²) in [5.41, 5.74) is -0.425. The lowest BCUT2D eigenvalue weighted by Crippen LogP contribution is -2.27. The molecular weight excluding hydrogens is 276 g/mol. The van der Waals surface area contributed by atoms with Crippen molar-refractivity contribution in [1.29, 1.82) is 0 Å². The lowest BCUT2D eigenvalue weighted by molar-refractivity contribution is -0.385. The normalized spacial score (nSPS) is 10.4. The Hall–Kier alpha value is -2.18. The van der Waals surface area contributed by atoms with E-state index in [1.807, 2.05) is 0 Å². The molecule has 0 aromatic carbocycles. The summed E-state index contributed by atoms with van der Waals surface area (Å²) in [5, 5.41) is 10.7. The van der Waals surface area contributed by atoms with Crippen LogP contribution in [0.5, 0.6) is 0 Å². The fraction of sp³-hybridized carbons (Fsp3) is 0.571. The van der Waals surface area contributed by atoms with E-state index in [1.54, 1.807) is 0 Å². The van der Waals surface area contributed by atoms with Gasteiger partial charge in [0.05, 0.1) is 17.7 Å². The second kappa shape index (κ2) is 8.18. The zero-order valence-electron chi connectivity index (χ0n) is 12.3. The van der Waals surface area contributed by atoms with E-state index in [4.69, 9.17) is 4.74 Å². The Morgan fingerprint density at radius 2 is 2.10 bits per heavy atom. The Morgan fingerprint density at radius 1 is 1.38 bits per heavy atom. The molecular formula is C14H20N2O5. The minimum Gasteiger partial charge on any atom is -0.464 e. The van der Waals surface area contributed by atoms with Crippen LogP contribution in [0.2, 0.25) is 0 Å². The van der Waals surface area contributed by atoms with Gasteiger partial charge in [-0.2, -0.15) is 0 Å². The molecule has 0 aliphatic rings. The summed E-state index contributed by atoms with van der Waals surface area (Å²) in [6, 6.07) is 1.19. The molecule has 0 fully saturated rings. The van der Waals surface area contributed by atoms with Gasteiger partial charge in [0, 0.05) is 11.6 Å². The number of esters is 1. The smallest absolute Gasteiger partial charge is 0.326 e. The Kier molecular flexibility index (Phi) is 6.58. The molecule has 0 saturated carbocycles. The molecule has 0 aliphatic heterocycles. The zero-order chi connectivity index (χ0) is 15.8. The third kappa shape index (κ3) is 5.37. The molecule has 0 aliphatic carbocycles. The van der Waals surface area contributed by atoms with E-state index in [1.165, 1.54) is 13.0 Å². The van der Waals surface area contributed by atoms with Crippen molar-refractivity contribution in [1.82, 2.24) is 4.57 Å². The number of aryl methyl sites for hydroxylation is 1. The second-order valence-corrected chi connectivity index (χ2v) is 4.85. The Morgan fingerprint density at radius 3 is 2.71 bits per heavy atom. The summed E-state index contributed by atoms with van der Waals surface area (Å²) in [6.45, 7) is 3.56. The summed E-state index contributed by atoms with van der Waals surface area (Å²) < 4.78 is 6.03. The summed E-state index contributed by atoms with van der Waals surface area (Å²) >= 11 is 0. The van der Waals surface area contributed by atoms with Gasteiger partial charge in [0.2, 0.25) is 0 Å². The minimum atomic E-state index is -0.598. The Balaban J connectivity index is 2.63. The first-order valence-electron chi connectivity index (χ1n) is 6.96. The molecule has 0 amide bonds. The number of hydrogen-bond donors (Lipinski definition) is 0. The lowest BCUT2D eigenvalue weighted by atomic mass is 10.2. The maximum atomic E-state index is 11.8. The van der Waals surface area contributed by atoms with Crippen LogP contribution in [0.1, 0.15) is 38.2 Å². The molecule has 0 saturated heterocycles. The van der Waals surface area contributed by atoms with Crippen molar-refractivity contribution in [2.24, 2.45) is 0 Å². The van der Waals surface area contributed by atoms with Crippen molar-refractivity contribution in [2.75, 3.05) is 6.61 Å². The third-order valence-electron chi connectivity index (χ3n) is 3.02. The molecule has 7 nitrogen and oxygen atoms in total. The molecule has 0 N–H and O–H groups in total. The summed E-state index contributed by atoms with van der Waals surface area (Å²) in [6.07, 6.45) is 5.01. The molecule has 1 aromatic heterocycles. The first kappa shape index (κ1) is 16.9. The van der Waals surface area contributed by atoms with Crippen molar-refractivity contribution in [3.63, 3.8) is 0 Å². The van der Waals surface area contributed by atoms with Gasteiger partial charge in [-0.25, -0.2) is 0 Å². The van der Waals surface area contributed by atoms with Gasteiger partial charge in [0.15, 0.2) is 0 Å². The van der Waals surface area contributed by atoms with Crippen LogP contribution < -0.4 is 5.56 Å². The van der Waals surface area contributed by atoms with E-state index < -0.39 is 16.5 Å². The zero-order valence-corrected chi connectivity index (χ0v) is 12.3. The number of unbranched alkanes of at least 4 members (excludes halogenated alkanes) is 3. The first-order valence-corrected chi connectivity index (χ1v) is 6.96. The number of pyridine rings is 1. The maximum Gasteiger partial charge on any atom is 0.326 e. The first-order chi connectivity index (χ1) is 9.95. The number of carbonyl (C=O) groups excluding carboxylic acids is 1. The van der Waals surface area contributed by atoms with E-state index in [2.05, 4.69) is 6.92 Å². The number of ether oxygens (including phenoxy) is 1. The van der Waals surface area contributed by atoms with Gasteiger partial charge in [0.1, 0.15) is 6.54 Å². The topological polar surface area (TPSA) is 91.4 Å². The highest BCUT2D eigenvalue weighted by Gasteiger charge is 2.14. The summed E-state index contributed by atoms with van der Waals surface area (Å²) in [7, 11) is 0. The monoisotopic (exact) mass is 296 g/mol. The SMILES string of the molecule is CCCCCCOC(=O)Cn1cc([N+](=O)[O-])cc(C)c1=O. The molecule has 1 heterocycles. The van der Waals surface area contributed by atoms with E-state index >= 15 is 0 Å². The van der Waals surface area contributed by atoms with Gasteiger partial charge in [-0.15, -0.1) is 0 Å². The van der Waals surface area contributed by atoms with Crippen LogP contribution in [0, 0.1) is 17.0 Å². The molecule has 116 valence electrons. The molecule has 1 rings (SSSR count). The predicted octanol–water partition coefficient (Wildman–Crippen LogP) is 2.19. The number of nitro groups is 1. The van der Waals surface area contributed by atoms with Gasteiger partial charge < -0.3 is 4.74 Å². The largest absolute Gasteiger partial charge is 0.464 e. The van der Waals surface area contributed by atoms with Crippen LogP contribution in [0.3, 0.4) is 0 Å². The molecule has 0 bridgehead atoms. The fourth-order valence-corrected chi connectivity index (χ4v) is 1.88. The number of carbonyl (C=O) groups is 1. The third-order valence-corrected chi connectivity index (χ3v) is 3.02. The number of nitrogens with zero attached hydrogens (tertiary/aromatic N) is 2. The maximum absolute atomic E-state index is 11.8. The van der Waals surface area contributed by atoms with Crippen molar-refractivity contribution in [3.05, 3.63) is 38.3 Å². The van der Waals surface area contributed by atoms with Crippen LogP contribution >= 0.6 is 0 Å². The Bertz CT molecular complexity index is 565. The van der Waals surface area contributed by atoms with E-state index in [9.17, 15) is 19.7 Å². The van der Waals surface area contributed by atoms with Crippen LogP contribution in [0.15, 0.2) is 17.1 Å². The molecule has 1 aromatic rings. The fourth-order valence-electron chi connectivity index (χ4n) is 1.88. The number of aromatic nitrogens is 1. The minimum absolute atomic E-state index is 0.220. The lowest BCUT2D eigenvalue weighted by Gasteiger charge is -2.07. The molecule has 0 radical (unpaired) electrons. The van der Waals surface area contributed by atoms with Gasteiger partial charge in [0.25, 0.3) is 11.2 Å². The average Bonchev–Trinajstić information content (AvgIpc) is 2.43. The highest BCUT2D eigenvalue weighted by molar-refractivity contribution is 5.69. The van der Waals surface area contributed by atoms with Crippen molar-refractivity contribution in [3.8, 4) is 0 Å². The van der Waals surface area contributed by atoms with Gasteiger partial charge in [-0.05, 0) is 13.3 Å². The van der Waals surface area contributed by atoms with Crippen LogP contribution in [0.4, 0.5) is 5.69 Å². The predicted molar refractivity (Wildman–Crippen MR) is 77.2 cm³/mol. The van der Waals surface area contributed by atoms with E-state index in [0.29, 0.717) is 6.61 Å². The average molecular weight is 296 g/mol. The molecule has 7 heteroatoms. The van der Waals surface area contributed by atoms with Crippen LogP contribution in [0.25, 0.3) is 0 Å². The van der Waals surface area contributed by atoms with E-state index in [0.717, 1.165) is 36.4 Å². The summed E-state index contributed by atoms with van der Waals surface area (Å²) in [5.74, 6) is -0.562. The quantitative estimate of drug-likeness (QED) is 0.317. The Labute approximate surface area is 122 Å². The number of hydrogen-bond acceptors (Lipinski definition) is 5. The standard InChI is InChI=1S/C14H20N2O5/c1-3-4-5-6-7-21-13(17)10-15-9-12(16(19)20)8-11(2)14(15)18/h8-9H,3-7,10H2,1-2H3. The highest BCUT2D eigenvalue weighted by atomic mass is 16.6. The molecule has 21 heavy (non-hydrogen) atoms. The van der Waals surface area contributed by atoms with Gasteiger partial charge in [-0.1, -0.05) is 26.2 Å². The van der Waals surface area contributed by atoms with Crippen molar-refractivity contribution >= 4 is 11.7 Å². The molecule has 0 atom stereocenters. The van der Waals surface area contributed by atoms with Crippen LogP contribution in [-0.4, -0.2) is 22.1 Å². The van der Waals surface area contributed by atoms with Crippen molar-refractivity contribution < 1.29 is 14.5 Å².